The van der Waals surface area contributed by atoms with Crippen LogP contribution >= 0.6 is 0 Å². The maximum Gasteiger partial charge on any atom is 0.230 e. The van der Waals surface area contributed by atoms with Crippen LogP contribution in [0.15, 0.2) is 4.42 Å². The SMILES string of the molecule is COCC(O)CNCc1nnc(C)o1. The van der Waals surface area contributed by atoms with Gasteiger partial charge in [-0.2, -0.15) is 0 Å². The third-order valence-corrected chi connectivity index (χ3v) is 1.58. The molecule has 0 amide bonds. The van der Waals surface area contributed by atoms with Gasteiger partial charge in [0.05, 0.1) is 19.3 Å². The molecule has 1 aromatic heterocycles. The largest absolute Gasteiger partial charge is 0.424 e. The number of methoxy groups -OCH3 is 1. The molecular formula is C8H15N3O3. The van der Waals surface area contributed by atoms with Crippen molar-refractivity contribution in [2.45, 2.75) is 19.6 Å². The van der Waals surface area contributed by atoms with E-state index >= 15 is 0 Å². The molecule has 14 heavy (non-hydrogen) atoms. The number of hydrogen-bond donors (Lipinski definition) is 2. The topological polar surface area (TPSA) is 80.4 Å². The monoisotopic (exact) mass is 201 g/mol. The number of aliphatic hydroxyl groups excluding tert-OH is 1. The molecule has 0 saturated carbocycles. The number of aromatic nitrogens is 2. The summed E-state index contributed by atoms with van der Waals surface area (Å²) in [6.45, 7) is 2.95. The molecule has 2 N–H and O–H groups in total. The molecule has 0 spiro atoms. The van der Waals surface area contributed by atoms with E-state index in [4.69, 9.17) is 9.15 Å². The van der Waals surface area contributed by atoms with E-state index in [1.807, 2.05) is 0 Å². The molecule has 0 aliphatic heterocycles. The Hall–Kier alpha value is -0.980. The van der Waals surface area contributed by atoms with Gasteiger partial charge in [0.15, 0.2) is 0 Å². The first-order valence-corrected chi connectivity index (χ1v) is 4.39. The zero-order valence-corrected chi connectivity index (χ0v) is 8.36. The van der Waals surface area contributed by atoms with Crippen molar-refractivity contribution >= 4 is 0 Å². The molecular weight excluding hydrogens is 186 g/mol. The van der Waals surface area contributed by atoms with Crippen molar-refractivity contribution in [3.63, 3.8) is 0 Å². The summed E-state index contributed by atoms with van der Waals surface area (Å²) in [7, 11) is 1.55. The molecule has 6 nitrogen and oxygen atoms in total. The fourth-order valence-electron chi connectivity index (χ4n) is 1.01. The van der Waals surface area contributed by atoms with Crippen molar-refractivity contribution in [2.75, 3.05) is 20.3 Å². The van der Waals surface area contributed by atoms with Crippen LogP contribution in [-0.4, -0.2) is 41.7 Å². The standard InChI is InChI=1S/C8H15N3O3/c1-6-10-11-8(14-6)4-9-3-7(12)5-13-2/h7,9,12H,3-5H2,1-2H3. The van der Waals surface area contributed by atoms with Crippen LogP contribution in [-0.2, 0) is 11.3 Å². The summed E-state index contributed by atoms with van der Waals surface area (Å²) < 4.78 is 9.90. The van der Waals surface area contributed by atoms with Crippen molar-refractivity contribution < 1.29 is 14.3 Å². The Kier molecular flexibility index (Phi) is 4.51. The number of aliphatic hydroxyl groups is 1. The molecule has 0 aliphatic rings. The number of ether oxygens (including phenoxy) is 1. The van der Waals surface area contributed by atoms with Gasteiger partial charge < -0.3 is 19.6 Å². The van der Waals surface area contributed by atoms with E-state index in [0.29, 0.717) is 31.5 Å². The molecule has 1 atom stereocenters. The van der Waals surface area contributed by atoms with E-state index in [1.165, 1.54) is 0 Å². The quantitative estimate of drug-likeness (QED) is 0.644. The minimum atomic E-state index is -0.510. The molecule has 1 rings (SSSR count). The predicted octanol–water partition coefficient (Wildman–Crippen LogP) is -0.525. The zero-order valence-electron chi connectivity index (χ0n) is 8.36. The van der Waals surface area contributed by atoms with Crippen LogP contribution in [0.2, 0.25) is 0 Å². The molecule has 1 aromatic rings. The Labute approximate surface area is 82.3 Å². The fraction of sp³-hybridized carbons (Fsp3) is 0.750. The highest BCUT2D eigenvalue weighted by atomic mass is 16.5. The average Bonchev–Trinajstić information content (AvgIpc) is 2.52. The van der Waals surface area contributed by atoms with Gasteiger partial charge in [0, 0.05) is 20.6 Å². The predicted molar refractivity (Wildman–Crippen MR) is 48.6 cm³/mol. The Morgan fingerprint density at radius 3 is 2.93 bits per heavy atom. The lowest BCUT2D eigenvalue weighted by molar-refractivity contribution is 0.0640. The number of nitrogens with zero attached hydrogens (tertiary/aromatic N) is 2. The molecule has 0 bridgehead atoms. The van der Waals surface area contributed by atoms with Crippen LogP contribution in [0.25, 0.3) is 0 Å². The first-order chi connectivity index (χ1) is 6.72. The van der Waals surface area contributed by atoms with Gasteiger partial charge in [-0.25, -0.2) is 0 Å². The van der Waals surface area contributed by atoms with E-state index in [9.17, 15) is 5.11 Å². The summed E-state index contributed by atoms with van der Waals surface area (Å²) in [5.74, 6) is 1.06. The lowest BCUT2D eigenvalue weighted by Crippen LogP contribution is -2.29. The van der Waals surface area contributed by atoms with E-state index in [0.717, 1.165) is 0 Å². The Morgan fingerprint density at radius 1 is 1.57 bits per heavy atom. The van der Waals surface area contributed by atoms with Crippen molar-refractivity contribution in [2.24, 2.45) is 0 Å². The maximum atomic E-state index is 9.28. The smallest absolute Gasteiger partial charge is 0.230 e. The van der Waals surface area contributed by atoms with Gasteiger partial charge in [-0.3, -0.25) is 0 Å². The minimum Gasteiger partial charge on any atom is -0.424 e. The fourth-order valence-corrected chi connectivity index (χ4v) is 1.01. The van der Waals surface area contributed by atoms with Crippen molar-refractivity contribution in [3.8, 4) is 0 Å². The van der Waals surface area contributed by atoms with Crippen LogP contribution < -0.4 is 5.32 Å². The second kappa shape index (κ2) is 5.69. The minimum absolute atomic E-state index is 0.315. The van der Waals surface area contributed by atoms with Crippen LogP contribution in [0.4, 0.5) is 0 Å². The van der Waals surface area contributed by atoms with Crippen LogP contribution in [0, 0.1) is 6.92 Å². The molecule has 0 saturated heterocycles. The third kappa shape index (κ3) is 3.82. The van der Waals surface area contributed by atoms with E-state index in [1.54, 1.807) is 14.0 Å². The number of nitrogens with one attached hydrogen (secondary N) is 1. The number of rotatable bonds is 6. The molecule has 0 fully saturated rings. The first-order valence-electron chi connectivity index (χ1n) is 4.39. The molecule has 0 radical (unpaired) electrons. The zero-order chi connectivity index (χ0) is 10.4. The molecule has 0 aromatic carbocycles. The maximum absolute atomic E-state index is 9.28. The van der Waals surface area contributed by atoms with Crippen molar-refractivity contribution in [1.29, 1.82) is 0 Å². The Morgan fingerprint density at radius 2 is 2.36 bits per heavy atom. The van der Waals surface area contributed by atoms with Gasteiger partial charge in [-0.05, 0) is 0 Å². The van der Waals surface area contributed by atoms with Gasteiger partial charge >= 0.3 is 0 Å². The average molecular weight is 201 g/mol. The van der Waals surface area contributed by atoms with Gasteiger partial charge in [-0.15, -0.1) is 10.2 Å². The van der Waals surface area contributed by atoms with E-state index in [2.05, 4.69) is 15.5 Å². The normalized spacial score (nSPS) is 13.1. The van der Waals surface area contributed by atoms with Crippen molar-refractivity contribution in [1.82, 2.24) is 15.5 Å². The van der Waals surface area contributed by atoms with Crippen LogP contribution in [0.5, 0.6) is 0 Å². The van der Waals surface area contributed by atoms with Gasteiger partial charge in [0.25, 0.3) is 0 Å². The lowest BCUT2D eigenvalue weighted by Gasteiger charge is -2.08. The molecule has 6 heteroatoms. The van der Waals surface area contributed by atoms with Gasteiger partial charge in [0.2, 0.25) is 11.8 Å². The third-order valence-electron chi connectivity index (χ3n) is 1.58. The first kappa shape index (κ1) is 11.1. The van der Waals surface area contributed by atoms with Crippen molar-refractivity contribution in [3.05, 3.63) is 11.8 Å². The van der Waals surface area contributed by atoms with Crippen LogP contribution in [0.1, 0.15) is 11.8 Å². The lowest BCUT2D eigenvalue weighted by atomic mass is 10.4. The summed E-state index contributed by atoms with van der Waals surface area (Å²) in [6, 6.07) is 0. The highest BCUT2D eigenvalue weighted by molar-refractivity contribution is 4.78. The summed E-state index contributed by atoms with van der Waals surface area (Å²) in [5, 5.41) is 19.7. The molecule has 1 unspecified atom stereocenters. The van der Waals surface area contributed by atoms with Gasteiger partial charge in [0.1, 0.15) is 0 Å². The van der Waals surface area contributed by atoms with Crippen LogP contribution in [0.3, 0.4) is 0 Å². The summed E-state index contributed by atoms with van der Waals surface area (Å²) in [4.78, 5) is 0. The van der Waals surface area contributed by atoms with E-state index < -0.39 is 6.10 Å². The highest BCUT2D eigenvalue weighted by Crippen LogP contribution is 1.96. The number of aryl methyl sites for hydroxylation is 1. The molecule has 0 aliphatic carbocycles. The molecule has 1 heterocycles. The molecule has 80 valence electrons. The summed E-state index contributed by atoms with van der Waals surface area (Å²) in [5.41, 5.74) is 0. The summed E-state index contributed by atoms with van der Waals surface area (Å²) >= 11 is 0. The van der Waals surface area contributed by atoms with E-state index in [-0.39, 0.29) is 0 Å². The number of hydrogen-bond acceptors (Lipinski definition) is 6. The summed E-state index contributed by atoms with van der Waals surface area (Å²) in [6.07, 6.45) is -0.510. The second-order valence-corrected chi connectivity index (χ2v) is 2.95. The second-order valence-electron chi connectivity index (χ2n) is 2.95. The van der Waals surface area contributed by atoms with Gasteiger partial charge in [-0.1, -0.05) is 0 Å². The highest BCUT2D eigenvalue weighted by Gasteiger charge is 2.04. The Balaban J connectivity index is 2.15. The Bertz CT molecular complexity index is 264.